The molecule has 0 atom stereocenters. The highest BCUT2D eigenvalue weighted by Crippen LogP contribution is 2.27. The van der Waals surface area contributed by atoms with Crippen LogP contribution in [0.25, 0.3) is 11.1 Å². The van der Waals surface area contributed by atoms with Crippen LogP contribution >= 0.6 is 11.6 Å². The molecule has 3 heterocycles. The second kappa shape index (κ2) is 11.2. The lowest BCUT2D eigenvalue weighted by Crippen LogP contribution is -2.42. The number of hydrogen-bond donors (Lipinski definition) is 2. The lowest BCUT2D eigenvalue weighted by molar-refractivity contribution is 0.0184. The first-order valence-corrected chi connectivity index (χ1v) is 12.8. The van der Waals surface area contributed by atoms with Crippen molar-refractivity contribution in [3.63, 3.8) is 0 Å². The Morgan fingerprint density at radius 3 is 2.51 bits per heavy atom. The third-order valence-corrected chi connectivity index (χ3v) is 6.45. The number of anilines is 1. The van der Waals surface area contributed by atoms with E-state index >= 15 is 0 Å². The summed E-state index contributed by atoms with van der Waals surface area (Å²) in [4.78, 5) is 31.1. The van der Waals surface area contributed by atoms with E-state index in [1.807, 2.05) is 55.9 Å². The summed E-state index contributed by atoms with van der Waals surface area (Å²) in [5, 5.41) is 8.13. The topological polar surface area (TPSA) is 115 Å². The van der Waals surface area contributed by atoms with Crippen molar-refractivity contribution in [3.8, 4) is 11.1 Å². The molecule has 37 heavy (non-hydrogen) atoms. The zero-order valence-corrected chi connectivity index (χ0v) is 22.2. The maximum atomic E-state index is 12.8. The number of pyridine rings is 1. The fraction of sp³-hybridized carbons (Fsp3) is 0.407. The van der Waals surface area contributed by atoms with Gasteiger partial charge in [-0.1, -0.05) is 23.7 Å². The number of nitrogens with zero attached hydrogens (tertiary/aromatic N) is 4. The summed E-state index contributed by atoms with van der Waals surface area (Å²) in [5.74, 6) is -0.0997. The first kappa shape index (κ1) is 26.5. The lowest BCUT2D eigenvalue weighted by Gasteiger charge is -2.33. The summed E-state index contributed by atoms with van der Waals surface area (Å²) >= 11 is 5.93. The van der Waals surface area contributed by atoms with Crippen LogP contribution in [0.2, 0.25) is 5.02 Å². The highest BCUT2D eigenvalue weighted by molar-refractivity contribution is 6.30. The second-order valence-corrected chi connectivity index (χ2v) is 10.6. The van der Waals surface area contributed by atoms with Crippen molar-refractivity contribution in [2.75, 3.05) is 25.4 Å². The van der Waals surface area contributed by atoms with Crippen molar-refractivity contribution < 1.29 is 14.3 Å². The van der Waals surface area contributed by atoms with Gasteiger partial charge >= 0.3 is 6.09 Å². The Morgan fingerprint density at radius 2 is 1.84 bits per heavy atom. The maximum absolute atomic E-state index is 12.8. The number of likely N-dealkylation sites (tertiary alicyclic amines) is 1. The van der Waals surface area contributed by atoms with Crippen LogP contribution in [0.5, 0.6) is 0 Å². The predicted molar refractivity (Wildman–Crippen MR) is 143 cm³/mol. The third-order valence-electron chi connectivity index (χ3n) is 6.20. The van der Waals surface area contributed by atoms with Crippen LogP contribution in [-0.2, 0) is 11.2 Å². The molecule has 2 aromatic heterocycles. The smallest absolute Gasteiger partial charge is 0.410 e. The van der Waals surface area contributed by atoms with Gasteiger partial charge in [0.05, 0.1) is 17.8 Å². The van der Waals surface area contributed by atoms with Crippen molar-refractivity contribution >= 4 is 29.4 Å². The number of piperidine rings is 1. The summed E-state index contributed by atoms with van der Waals surface area (Å²) in [6.45, 7) is 7.28. The summed E-state index contributed by atoms with van der Waals surface area (Å²) in [6, 6.07) is 9.44. The number of carbonyl (C=O) groups excluding carboxylic acids is 2. The number of nitrogen functional groups attached to an aromatic ring is 1. The monoisotopic (exact) mass is 524 g/mol. The van der Waals surface area contributed by atoms with E-state index in [0.29, 0.717) is 36.6 Å². The highest BCUT2D eigenvalue weighted by Gasteiger charge is 2.28. The number of ether oxygens (including phenoxy) is 1. The molecule has 1 saturated heterocycles. The number of hydrogen-bond acceptors (Lipinski definition) is 6. The SMILES string of the molecule is CC(C)(C)OC(=O)N1CCC(n2cc(-c3cnc(N)c(C(=O)NCCc4ccc(Cl)cc4)c3)cn2)CC1. The van der Waals surface area contributed by atoms with E-state index in [9.17, 15) is 9.59 Å². The Balaban J connectivity index is 1.36. The van der Waals surface area contributed by atoms with E-state index in [-0.39, 0.29) is 23.9 Å². The van der Waals surface area contributed by atoms with Crippen LogP contribution in [-0.4, -0.2) is 56.9 Å². The van der Waals surface area contributed by atoms with Gasteiger partial charge in [-0.3, -0.25) is 9.48 Å². The van der Waals surface area contributed by atoms with Gasteiger partial charge < -0.3 is 20.7 Å². The van der Waals surface area contributed by atoms with Gasteiger partial charge in [-0.25, -0.2) is 9.78 Å². The number of amides is 2. The van der Waals surface area contributed by atoms with E-state index < -0.39 is 5.60 Å². The molecule has 0 aliphatic carbocycles. The molecule has 9 nitrogen and oxygen atoms in total. The molecular formula is C27H33ClN6O3. The molecule has 3 aromatic rings. The average Bonchev–Trinajstić information content (AvgIpc) is 3.35. The van der Waals surface area contributed by atoms with Crippen LogP contribution in [0.3, 0.4) is 0 Å². The molecule has 196 valence electrons. The molecule has 1 fully saturated rings. The van der Waals surface area contributed by atoms with Crippen molar-refractivity contribution in [3.05, 3.63) is 65.1 Å². The number of halogens is 1. The number of aromatic nitrogens is 3. The number of nitrogens with one attached hydrogen (secondary N) is 1. The first-order valence-electron chi connectivity index (χ1n) is 12.4. The summed E-state index contributed by atoms with van der Waals surface area (Å²) in [5.41, 5.74) is 8.51. The first-order chi connectivity index (χ1) is 17.6. The molecule has 1 aliphatic heterocycles. The minimum absolute atomic E-state index is 0.171. The molecule has 4 rings (SSSR count). The molecule has 0 spiro atoms. The molecule has 1 aliphatic rings. The largest absolute Gasteiger partial charge is 0.444 e. The number of rotatable bonds is 6. The predicted octanol–water partition coefficient (Wildman–Crippen LogP) is 4.73. The van der Waals surface area contributed by atoms with Gasteiger partial charge in [-0.15, -0.1) is 0 Å². The van der Waals surface area contributed by atoms with Crippen LogP contribution in [0, 0.1) is 0 Å². The summed E-state index contributed by atoms with van der Waals surface area (Å²) < 4.78 is 7.40. The van der Waals surface area contributed by atoms with Crippen molar-refractivity contribution in [2.24, 2.45) is 0 Å². The van der Waals surface area contributed by atoms with E-state index in [0.717, 1.165) is 29.5 Å². The van der Waals surface area contributed by atoms with Crippen molar-refractivity contribution in [2.45, 2.75) is 51.7 Å². The van der Waals surface area contributed by atoms with E-state index in [2.05, 4.69) is 15.4 Å². The van der Waals surface area contributed by atoms with E-state index in [1.165, 1.54) is 0 Å². The molecule has 10 heteroatoms. The van der Waals surface area contributed by atoms with Gasteiger partial charge in [0.2, 0.25) is 0 Å². The molecule has 0 bridgehead atoms. The highest BCUT2D eigenvalue weighted by atomic mass is 35.5. The lowest BCUT2D eigenvalue weighted by atomic mass is 10.1. The van der Waals surface area contributed by atoms with Crippen LogP contribution in [0.4, 0.5) is 10.6 Å². The van der Waals surface area contributed by atoms with Crippen molar-refractivity contribution in [1.29, 1.82) is 0 Å². The Kier molecular flexibility index (Phi) is 8.02. The van der Waals surface area contributed by atoms with E-state index in [4.69, 9.17) is 22.1 Å². The number of carbonyl (C=O) groups is 2. The minimum Gasteiger partial charge on any atom is -0.444 e. The molecule has 1 aromatic carbocycles. The van der Waals surface area contributed by atoms with Crippen LogP contribution in [0.1, 0.15) is 55.6 Å². The molecule has 0 unspecified atom stereocenters. The van der Waals surface area contributed by atoms with Crippen LogP contribution in [0.15, 0.2) is 48.9 Å². The quantitative estimate of drug-likeness (QED) is 0.482. The van der Waals surface area contributed by atoms with Gasteiger partial charge in [-0.05, 0) is 63.8 Å². The normalized spacial score (nSPS) is 14.4. The molecule has 0 saturated carbocycles. The van der Waals surface area contributed by atoms with Crippen molar-refractivity contribution in [1.82, 2.24) is 25.0 Å². The second-order valence-electron chi connectivity index (χ2n) is 10.2. The Bertz CT molecular complexity index is 1240. The fourth-order valence-corrected chi connectivity index (χ4v) is 4.33. The molecule has 0 radical (unpaired) electrons. The standard InChI is InChI=1S/C27H33ClN6O3/c1-27(2,3)37-26(36)33-12-9-22(10-13-33)34-17-20(16-32-34)19-14-23(24(29)31-15-19)25(35)30-11-8-18-4-6-21(28)7-5-18/h4-7,14-17,22H,8-13H2,1-3H3,(H2,29,31)(H,30,35). The zero-order valence-electron chi connectivity index (χ0n) is 21.4. The van der Waals surface area contributed by atoms with Crippen LogP contribution < -0.4 is 11.1 Å². The number of benzene rings is 1. The Morgan fingerprint density at radius 1 is 1.14 bits per heavy atom. The Hall–Kier alpha value is -3.59. The van der Waals surface area contributed by atoms with Gasteiger partial charge in [0.1, 0.15) is 11.4 Å². The van der Waals surface area contributed by atoms with E-state index in [1.54, 1.807) is 23.4 Å². The van der Waals surface area contributed by atoms with Gasteiger partial charge in [0, 0.05) is 48.2 Å². The number of nitrogens with two attached hydrogens (primary N) is 1. The fourth-order valence-electron chi connectivity index (χ4n) is 4.21. The van der Waals surface area contributed by atoms with Gasteiger partial charge in [-0.2, -0.15) is 5.10 Å². The third kappa shape index (κ3) is 7.01. The average molecular weight is 525 g/mol. The minimum atomic E-state index is -0.510. The van der Waals surface area contributed by atoms with Gasteiger partial charge in [0.15, 0.2) is 0 Å². The van der Waals surface area contributed by atoms with Gasteiger partial charge in [0.25, 0.3) is 5.91 Å². The molecular weight excluding hydrogens is 492 g/mol. The maximum Gasteiger partial charge on any atom is 0.410 e. The molecule has 2 amide bonds. The Labute approximate surface area is 222 Å². The zero-order chi connectivity index (χ0) is 26.6. The summed E-state index contributed by atoms with van der Waals surface area (Å²) in [7, 11) is 0. The summed E-state index contributed by atoms with van der Waals surface area (Å²) in [6.07, 6.45) is 7.31. The molecule has 3 N–H and O–H groups in total.